The molecule has 21 heavy (non-hydrogen) atoms. The average molecular weight is 317 g/mol. The van der Waals surface area contributed by atoms with Gasteiger partial charge in [-0.1, -0.05) is 12.1 Å². The predicted octanol–water partition coefficient (Wildman–Crippen LogP) is 3.65. The highest BCUT2D eigenvalue weighted by Crippen LogP contribution is 2.26. The van der Waals surface area contributed by atoms with Gasteiger partial charge in [0.05, 0.1) is 4.91 Å². The van der Waals surface area contributed by atoms with Gasteiger partial charge in [-0.2, -0.15) is 11.3 Å². The summed E-state index contributed by atoms with van der Waals surface area (Å²) in [4.78, 5) is 22.9. The van der Waals surface area contributed by atoms with Crippen LogP contribution >= 0.6 is 23.1 Å². The molecule has 1 aromatic heterocycles. The standard InChI is InChI=1S/C15H11NO3S2/c17-14-13(21-15(18)16-14)7-10-1-3-12(4-2-10)19-8-11-5-6-20-9-11/h1-7,9H,8H2,(H,16,17,18)/b13-7-. The number of benzene rings is 1. The van der Waals surface area contributed by atoms with E-state index in [-0.39, 0.29) is 11.1 Å². The molecule has 1 N–H and O–H groups in total. The molecule has 3 rings (SSSR count). The van der Waals surface area contributed by atoms with E-state index in [1.807, 2.05) is 41.1 Å². The molecule has 0 aliphatic carbocycles. The molecule has 1 aliphatic heterocycles. The molecule has 0 spiro atoms. The number of hydrogen-bond acceptors (Lipinski definition) is 5. The van der Waals surface area contributed by atoms with Gasteiger partial charge in [-0.15, -0.1) is 0 Å². The summed E-state index contributed by atoms with van der Waals surface area (Å²) < 4.78 is 5.66. The first kappa shape index (κ1) is 13.9. The molecule has 6 heteroatoms. The van der Waals surface area contributed by atoms with Crippen LogP contribution in [0.15, 0.2) is 46.0 Å². The van der Waals surface area contributed by atoms with Crippen LogP contribution in [-0.2, 0) is 11.4 Å². The highest BCUT2D eigenvalue weighted by Gasteiger charge is 2.24. The van der Waals surface area contributed by atoms with E-state index in [0.29, 0.717) is 11.5 Å². The lowest BCUT2D eigenvalue weighted by molar-refractivity contribution is -0.115. The van der Waals surface area contributed by atoms with E-state index in [1.54, 1.807) is 17.4 Å². The molecule has 1 saturated heterocycles. The zero-order valence-corrected chi connectivity index (χ0v) is 12.5. The first-order valence-electron chi connectivity index (χ1n) is 6.19. The van der Waals surface area contributed by atoms with E-state index in [4.69, 9.17) is 4.74 Å². The maximum Gasteiger partial charge on any atom is 0.290 e. The smallest absolute Gasteiger partial charge is 0.290 e. The third-order valence-electron chi connectivity index (χ3n) is 2.81. The molecule has 0 saturated carbocycles. The Morgan fingerprint density at radius 3 is 2.57 bits per heavy atom. The molecule has 0 unspecified atom stereocenters. The van der Waals surface area contributed by atoms with Gasteiger partial charge in [-0.05, 0) is 57.9 Å². The zero-order chi connectivity index (χ0) is 14.7. The Labute approximate surface area is 129 Å². The summed E-state index contributed by atoms with van der Waals surface area (Å²) in [5, 5.41) is 5.96. The van der Waals surface area contributed by atoms with Crippen molar-refractivity contribution in [3.05, 3.63) is 57.1 Å². The van der Waals surface area contributed by atoms with Crippen molar-refractivity contribution in [2.45, 2.75) is 6.61 Å². The maximum absolute atomic E-state index is 11.4. The maximum atomic E-state index is 11.4. The number of hydrogen-bond donors (Lipinski definition) is 1. The van der Waals surface area contributed by atoms with Gasteiger partial charge >= 0.3 is 0 Å². The Bertz CT molecular complexity index is 690. The minimum absolute atomic E-state index is 0.332. The summed E-state index contributed by atoms with van der Waals surface area (Å²) >= 11 is 2.55. The number of thiophene rings is 1. The second-order valence-electron chi connectivity index (χ2n) is 4.34. The molecule has 0 radical (unpaired) electrons. The number of amides is 2. The Hall–Kier alpha value is -2.05. The minimum atomic E-state index is -0.345. The molecule has 2 amide bonds. The summed E-state index contributed by atoms with van der Waals surface area (Å²) in [6.45, 7) is 0.538. The van der Waals surface area contributed by atoms with Crippen molar-refractivity contribution in [3.8, 4) is 5.75 Å². The summed E-state index contributed by atoms with van der Waals surface area (Å²) in [6, 6.07) is 9.42. The van der Waals surface area contributed by atoms with Crippen LogP contribution in [-0.4, -0.2) is 11.1 Å². The van der Waals surface area contributed by atoms with Gasteiger partial charge in [-0.25, -0.2) is 0 Å². The second kappa shape index (κ2) is 6.15. The summed E-state index contributed by atoms with van der Waals surface area (Å²) in [7, 11) is 0. The van der Waals surface area contributed by atoms with Crippen LogP contribution in [0.4, 0.5) is 4.79 Å². The van der Waals surface area contributed by atoms with Crippen molar-refractivity contribution in [1.82, 2.24) is 5.32 Å². The van der Waals surface area contributed by atoms with Gasteiger partial charge in [0.25, 0.3) is 11.1 Å². The van der Waals surface area contributed by atoms with Crippen LogP contribution in [0.3, 0.4) is 0 Å². The van der Waals surface area contributed by atoms with Gasteiger partial charge < -0.3 is 4.74 Å². The third-order valence-corrected chi connectivity index (χ3v) is 4.35. The Kier molecular flexibility index (Phi) is 4.08. The summed E-state index contributed by atoms with van der Waals surface area (Å²) in [5.41, 5.74) is 1.99. The van der Waals surface area contributed by atoms with E-state index in [0.717, 1.165) is 28.6 Å². The van der Waals surface area contributed by atoms with Gasteiger partial charge in [-0.3, -0.25) is 14.9 Å². The van der Waals surface area contributed by atoms with Gasteiger partial charge in [0, 0.05) is 0 Å². The molecule has 2 aromatic rings. The van der Waals surface area contributed by atoms with Crippen LogP contribution in [0.2, 0.25) is 0 Å². The lowest BCUT2D eigenvalue weighted by Gasteiger charge is -2.05. The first-order valence-corrected chi connectivity index (χ1v) is 7.95. The molecule has 1 fully saturated rings. The molecule has 2 heterocycles. The Morgan fingerprint density at radius 2 is 1.95 bits per heavy atom. The number of rotatable bonds is 4. The summed E-state index contributed by atoms with van der Waals surface area (Å²) in [5.74, 6) is 0.422. The lowest BCUT2D eigenvalue weighted by atomic mass is 10.2. The molecular weight excluding hydrogens is 306 g/mol. The van der Waals surface area contributed by atoms with Crippen molar-refractivity contribution in [2.24, 2.45) is 0 Å². The fraction of sp³-hybridized carbons (Fsp3) is 0.0667. The predicted molar refractivity (Wildman–Crippen MR) is 84.2 cm³/mol. The number of nitrogens with one attached hydrogen (secondary N) is 1. The molecule has 106 valence electrons. The molecule has 1 aliphatic rings. The molecule has 4 nitrogen and oxygen atoms in total. The van der Waals surface area contributed by atoms with Crippen LogP contribution in [0.25, 0.3) is 6.08 Å². The molecular formula is C15H11NO3S2. The largest absolute Gasteiger partial charge is 0.489 e. The van der Waals surface area contributed by atoms with Crippen LogP contribution in [0.1, 0.15) is 11.1 Å². The number of ether oxygens (including phenoxy) is 1. The van der Waals surface area contributed by atoms with Crippen LogP contribution < -0.4 is 10.1 Å². The Balaban J connectivity index is 1.65. The van der Waals surface area contributed by atoms with Crippen molar-refractivity contribution in [2.75, 3.05) is 0 Å². The Morgan fingerprint density at radius 1 is 1.14 bits per heavy atom. The van der Waals surface area contributed by atoms with Gasteiger partial charge in [0.1, 0.15) is 12.4 Å². The second-order valence-corrected chi connectivity index (χ2v) is 6.14. The van der Waals surface area contributed by atoms with Crippen LogP contribution in [0, 0.1) is 0 Å². The van der Waals surface area contributed by atoms with Crippen LogP contribution in [0.5, 0.6) is 5.75 Å². The van der Waals surface area contributed by atoms with Crippen molar-refractivity contribution < 1.29 is 14.3 Å². The van der Waals surface area contributed by atoms with E-state index in [2.05, 4.69) is 5.32 Å². The van der Waals surface area contributed by atoms with Crippen molar-refractivity contribution >= 4 is 40.3 Å². The van der Waals surface area contributed by atoms with E-state index in [1.165, 1.54) is 0 Å². The average Bonchev–Trinajstić information content (AvgIpc) is 3.08. The summed E-state index contributed by atoms with van der Waals surface area (Å²) in [6.07, 6.45) is 1.69. The number of carbonyl (C=O) groups excluding carboxylic acids is 2. The third kappa shape index (κ3) is 3.53. The van der Waals surface area contributed by atoms with E-state index >= 15 is 0 Å². The molecule has 1 aromatic carbocycles. The zero-order valence-electron chi connectivity index (χ0n) is 10.9. The fourth-order valence-electron chi connectivity index (χ4n) is 1.77. The highest BCUT2D eigenvalue weighted by atomic mass is 32.2. The lowest BCUT2D eigenvalue weighted by Crippen LogP contribution is -2.17. The monoisotopic (exact) mass is 317 g/mol. The normalized spacial score (nSPS) is 16.3. The number of thioether (sulfide) groups is 1. The van der Waals surface area contributed by atoms with E-state index in [9.17, 15) is 9.59 Å². The van der Waals surface area contributed by atoms with Gasteiger partial charge in [0.15, 0.2) is 0 Å². The topological polar surface area (TPSA) is 55.4 Å². The molecule has 0 bridgehead atoms. The van der Waals surface area contributed by atoms with E-state index < -0.39 is 0 Å². The minimum Gasteiger partial charge on any atom is -0.489 e. The van der Waals surface area contributed by atoms with Crippen molar-refractivity contribution in [1.29, 1.82) is 0 Å². The molecule has 0 atom stereocenters. The quantitative estimate of drug-likeness (QED) is 0.875. The fourth-order valence-corrected chi connectivity index (χ4v) is 3.11. The highest BCUT2D eigenvalue weighted by molar-refractivity contribution is 8.18. The first-order chi connectivity index (χ1) is 10.2. The van der Waals surface area contributed by atoms with Crippen molar-refractivity contribution in [3.63, 3.8) is 0 Å². The number of imide groups is 1. The SMILES string of the molecule is O=C1NC(=O)/C(=C/c2ccc(OCc3ccsc3)cc2)S1. The van der Waals surface area contributed by atoms with Gasteiger partial charge in [0.2, 0.25) is 0 Å². The number of carbonyl (C=O) groups is 2.